The van der Waals surface area contributed by atoms with E-state index in [1.54, 1.807) is 0 Å². The zero-order chi connectivity index (χ0) is 15.9. The predicted molar refractivity (Wildman–Crippen MR) is 82.4 cm³/mol. The molecule has 3 rings (SSSR count). The molecule has 2 aromatic rings. The number of rotatable bonds is 2. The third-order valence-corrected chi connectivity index (χ3v) is 4.39. The van der Waals surface area contributed by atoms with Crippen LogP contribution in [0.25, 0.3) is 10.9 Å². The molecular formula is C17H20F2N2O. The number of aromatic amines is 1. The first kappa shape index (κ1) is 15.0. The molecule has 1 aliphatic rings. The molecule has 2 N–H and O–H groups in total. The Labute approximate surface area is 128 Å². The van der Waals surface area contributed by atoms with Gasteiger partial charge in [-0.3, -0.25) is 4.79 Å². The molecule has 0 bridgehead atoms. The average molecular weight is 306 g/mol. The number of H-pyrrole nitrogens is 1. The molecule has 0 spiro atoms. The highest BCUT2D eigenvalue weighted by molar-refractivity contribution is 5.99. The van der Waals surface area contributed by atoms with Crippen molar-refractivity contribution in [2.75, 3.05) is 0 Å². The molecular weight excluding hydrogens is 286 g/mol. The number of nitrogens with one attached hydrogen (secondary N) is 2. The minimum absolute atomic E-state index is 0.150. The lowest BCUT2D eigenvalue weighted by atomic mass is 9.92. The Morgan fingerprint density at radius 3 is 2.59 bits per heavy atom. The zero-order valence-electron chi connectivity index (χ0n) is 12.8. The number of benzene rings is 1. The minimum atomic E-state index is -2.57. The summed E-state index contributed by atoms with van der Waals surface area (Å²) in [6.45, 7) is 4.02. The highest BCUT2D eigenvalue weighted by atomic mass is 19.3. The van der Waals surface area contributed by atoms with E-state index in [0.29, 0.717) is 18.5 Å². The number of alkyl halides is 2. The second-order valence-corrected chi connectivity index (χ2v) is 6.33. The van der Waals surface area contributed by atoms with E-state index in [1.165, 1.54) is 0 Å². The number of carbonyl (C=O) groups excluding carboxylic acids is 1. The molecule has 0 unspecified atom stereocenters. The summed E-state index contributed by atoms with van der Waals surface area (Å²) in [4.78, 5) is 15.4. The van der Waals surface area contributed by atoms with Crippen molar-refractivity contribution in [1.29, 1.82) is 0 Å². The van der Waals surface area contributed by atoms with E-state index in [9.17, 15) is 13.6 Å². The Balaban J connectivity index is 1.74. The van der Waals surface area contributed by atoms with Crippen LogP contribution in [0.2, 0.25) is 0 Å². The Kier molecular flexibility index (Phi) is 3.67. The first-order chi connectivity index (χ1) is 10.3. The van der Waals surface area contributed by atoms with Crippen LogP contribution in [-0.2, 0) is 0 Å². The van der Waals surface area contributed by atoms with Crippen LogP contribution in [0.15, 0.2) is 18.2 Å². The van der Waals surface area contributed by atoms with Gasteiger partial charge in [0.2, 0.25) is 5.92 Å². The molecule has 0 saturated heterocycles. The Hall–Kier alpha value is -1.91. The molecule has 5 heteroatoms. The van der Waals surface area contributed by atoms with Gasteiger partial charge in [0.05, 0.1) is 0 Å². The quantitative estimate of drug-likeness (QED) is 0.862. The summed E-state index contributed by atoms with van der Waals surface area (Å²) in [6.07, 6.45) is 0.361. The van der Waals surface area contributed by atoms with Gasteiger partial charge in [0.25, 0.3) is 5.91 Å². The van der Waals surface area contributed by atoms with Gasteiger partial charge >= 0.3 is 0 Å². The van der Waals surface area contributed by atoms with E-state index in [2.05, 4.69) is 16.4 Å². The summed E-state index contributed by atoms with van der Waals surface area (Å²) in [7, 11) is 0. The molecule has 22 heavy (non-hydrogen) atoms. The highest BCUT2D eigenvalue weighted by Gasteiger charge is 2.35. The summed E-state index contributed by atoms with van der Waals surface area (Å²) in [5.74, 6) is -2.79. The van der Waals surface area contributed by atoms with Crippen LogP contribution < -0.4 is 5.32 Å². The lowest BCUT2D eigenvalue weighted by molar-refractivity contribution is -0.0399. The van der Waals surface area contributed by atoms with Crippen molar-refractivity contribution in [3.05, 3.63) is 35.0 Å². The van der Waals surface area contributed by atoms with Gasteiger partial charge in [0.1, 0.15) is 5.69 Å². The number of halogens is 2. The van der Waals surface area contributed by atoms with Crippen LogP contribution >= 0.6 is 0 Å². The van der Waals surface area contributed by atoms with Gasteiger partial charge in [-0.25, -0.2) is 8.78 Å². The van der Waals surface area contributed by atoms with E-state index in [1.807, 2.05) is 26.0 Å². The molecule has 0 radical (unpaired) electrons. The fraction of sp³-hybridized carbons (Fsp3) is 0.471. The number of hydrogen-bond acceptors (Lipinski definition) is 1. The smallest absolute Gasteiger partial charge is 0.267 e. The van der Waals surface area contributed by atoms with Crippen LogP contribution in [0.3, 0.4) is 0 Å². The third kappa shape index (κ3) is 2.98. The number of aromatic nitrogens is 1. The maximum Gasteiger partial charge on any atom is 0.267 e. The summed E-state index contributed by atoms with van der Waals surface area (Å²) >= 11 is 0. The molecule has 1 amide bonds. The van der Waals surface area contributed by atoms with Crippen molar-refractivity contribution in [2.24, 2.45) is 0 Å². The van der Waals surface area contributed by atoms with Gasteiger partial charge in [-0.15, -0.1) is 0 Å². The molecule has 1 aromatic carbocycles. The topological polar surface area (TPSA) is 44.9 Å². The van der Waals surface area contributed by atoms with Gasteiger partial charge in [0, 0.05) is 29.8 Å². The van der Waals surface area contributed by atoms with E-state index >= 15 is 0 Å². The SMILES string of the molecule is Cc1cc(C)c2cc(C(=O)NC3CCC(F)(F)CC3)[nH]c2c1. The number of aryl methyl sites for hydroxylation is 2. The summed E-state index contributed by atoms with van der Waals surface area (Å²) in [5, 5.41) is 3.88. The standard InChI is InChI=1S/C17H20F2N2O/c1-10-7-11(2)13-9-15(21-14(13)8-10)16(22)20-12-3-5-17(18,19)6-4-12/h7-9,12,21H,3-6H2,1-2H3,(H,20,22). The molecule has 118 valence electrons. The van der Waals surface area contributed by atoms with E-state index in [-0.39, 0.29) is 24.8 Å². The molecule has 0 aliphatic heterocycles. The van der Waals surface area contributed by atoms with Crippen LogP contribution in [0.5, 0.6) is 0 Å². The van der Waals surface area contributed by atoms with Gasteiger partial charge in [-0.1, -0.05) is 6.07 Å². The third-order valence-electron chi connectivity index (χ3n) is 4.39. The fourth-order valence-corrected chi connectivity index (χ4v) is 3.17. The van der Waals surface area contributed by atoms with E-state index < -0.39 is 5.92 Å². The van der Waals surface area contributed by atoms with Crippen molar-refractivity contribution in [3.63, 3.8) is 0 Å². The van der Waals surface area contributed by atoms with Crippen LogP contribution in [0.1, 0.15) is 47.3 Å². The van der Waals surface area contributed by atoms with E-state index in [4.69, 9.17) is 0 Å². The van der Waals surface area contributed by atoms with Crippen molar-refractivity contribution in [3.8, 4) is 0 Å². The number of fused-ring (bicyclic) bond motifs is 1. The average Bonchev–Trinajstić information content (AvgIpc) is 2.85. The second-order valence-electron chi connectivity index (χ2n) is 6.33. The molecule has 3 nitrogen and oxygen atoms in total. The summed E-state index contributed by atoms with van der Waals surface area (Å²) < 4.78 is 26.3. The maximum absolute atomic E-state index is 13.1. The fourth-order valence-electron chi connectivity index (χ4n) is 3.17. The Bertz CT molecular complexity index is 711. The van der Waals surface area contributed by atoms with Crippen molar-refractivity contribution in [1.82, 2.24) is 10.3 Å². The lowest BCUT2D eigenvalue weighted by Crippen LogP contribution is -2.40. The molecule has 1 fully saturated rings. The Morgan fingerprint density at radius 2 is 1.91 bits per heavy atom. The lowest BCUT2D eigenvalue weighted by Gasteiger charge is -2.28. The normalized spacial score (nSPS) is 18.5. The zero-order valence-corrected chi connectivity index (χ0v) is 12.8. The van der Waals surface area contributed by atoms with Gasteiger partial charge < -0.3 is 10.3 Å². The largest absolute Gasteiger partial charge is 0.351 e. The second kappa shape index (κ2) is 5.38. The molecule has 1 heterocycles. The summed E-state index contributed by atoms with van der Waals surface area (Å²) in [6, 6.07) is 5.74. The number of hydrogen-bond donors (Lipinski definition) is 2. The number of carbonyl (C=O) groups is 1. The first-order valence-electron chi connectivity index (χ1n) is 7.63. The van der Waals surface area contributed by atoms with Crippen molar-refractivity contribution < 1.29 is 13.6 Å². The highest BCUT2D eigenvalue weighted by Crippen LogP contribution is 2.33. The molecule has 1 aromatic heterocycles. The summed E-state index contributed by atoms with van der Waals surface area (Å²) in [5.41, 5.74) is 3.66. The van der Waals surface area contributed by atoms with Crippen LogP contribution in [0, 0.1) is 13.8 Å². The van der Waals surface area contributed by atoms with Crippen molar-refractivity contribution in [2.45, 2.75) is 51.5 Å². The predicted octanol–water partition coefficient (Wildman–Crippen LogP) is 4.09. The maximum atomic E-state index is 13.1. The first-order valence-corrected chi connectivity index (χ1v) is 7.63. The molecule has 1 aliphatic carbocycles. The van der Waals surface area contributed by atoms with Gasteiger partial charge in [-0.2, -0.15) is 0 Å². The van der Waals surface area contributed by atoms with Gasteiger partial charge in [-0.05, 0) is 49.9 Å². The molecule has 1 saturated carbocycles. The van der Waals surface area contributed by atoms with E-state index in [0.717, 1.165) is 22.0 Å². The molecule has 0 atom stereocenters. The Morgan fingerprint density at radius 1 is 1.23 bits per heavy atom. The van der Waals surface area contributed by atoms with Crippen LogP contribution in [0.4, 0.5) is 8.78 Å². The van der Waals surface area contributed by atoms with Gasteiger partial charge in [0.15, 0.2) is 0 Å². The number of amides is 1. The monoisotopic (exact) mass is 306 g/mol. The van der Waals surface area contributed by atoms with Crippen LogP contribution in [-0.4, -0.2) is 22.9 Å². The minimum Gasteiger partial charge on any atom is -0.351 e. The van der Waals surface area contributed by atoms with Crippen molar-refractivity contribution >= 4 is 16.8 Å².